The minimum atomic E-state index is -0.167. The van der Waals surface area contributed by atoms with Crippen molar-refractivity contribution in [1.82, 2.24) is 0 Å². The number of nitrogens with zero attached hydrogens (tertiary/aromatic N) is 3. The molecule has 138 valence electrons. The molecule has 0 bridgehead atoms. The van der Waals surface area contributed by atoms with Gasteiger partial charge in [-0.3, -0.25) is 0 Å². The molecule has 0 aromatic carbocycles. The maximum atomic E-state index is 7.50. The maximum absolute atomic E-state index is 7.50. The summed E-state index contributed by atoms with van der Waals surface area (Å²) in [7, 11) is 0. The van der Waals surface area contributed by atoms with Crippen molar-refractivity contribution in [1.29, 1.82) is 0 Å². The second-order valence-corrected chi connectivity index (χ2v) is 6.85. The number of hydrogen-bond donors (Lipinski definition) is 0. The van der Waals surface area contributed by atoms with Gasteiger partial charge in [-0.25, -0.2) is 19.7 Å². The maximum Gasteiger partial charge on any atom is 0 e. The van der Waals surface area contributed by atoms with Gasteiger partial charge in [-0.1, -0.05) is 0 Å². The van der Waals surface area contributed by atoms with Crippen LogP contribution in [0.4, 0.5) is 0 Å². The van der Waals surface area contributed by atoms with Crippen LogP contribution in [-0.4, -0.2) is 16.6 Å². The molecule has 0 amide bonds. The fourth-order valence-electron chi connectivity index (χ4n) is 0. The minimum absolute atomic E-state index is 0. The predicted octanol–water partition coefficient (Wildman–Crippen LogP) is 5.00. The molecule has 0 rings (SSSR count). The van der Waals surface area contributed by atoms with Gasteiger partial charge in [-0.05, 0) is 0 Å². The molecule has 7 heteroatoms. The number of hydrogen-bond acceptors (Lipinski definition) is 0. The Morgan fingerprint density at radius 2 is 0.480 bits per heavy atom. The summed E-state index contributed by atoms with van der Waals surface area (Å²) in [6, 6.07) is 0. The van der Waals surface area contributed by atoms with Crippen molar-refractivity contribution in [3.8, 4) is 0 Å². The van der Waals surface area contributed by atoms with E-state index in [1.54, 1.807) is 0 Å². The smallest absolute Gasteiger partial charge is 0 e. The fraction of sp³-hybridized carbons (Fsp3) is 0.667. The first-order valence-electron chi connectivity index (χ1n) is 6.45. The largest absolute Gasteiger partial charge is 0 e. The summed E-state index contributed by atoms with van der Waals surface area (Å²) in [5.74, 6) is 0. The van der Waals surface area contributed by atoms with Gasteiger partial charge in [0.25, 0.3) is 0 Å². The molecule has 0 atom stereocenters. The van der Waals surface area contributed by atoms with E-state index < -0.39 is 0 Å². The molecule has 0 spiro atoms. The number of rotatable bonds is 0. The Kier molecular flexibility index (Phi) is 47.5. The SMILES string of the molecule is [C-]#[N+]C(C)(C)C.[C-]#[N+]C(C)(C)C.[C-]#[N+]C(C)(C)C.[C-]#[O+].[C-]#[O+].[C-]#[O+].[W]. The van der Waals surface area contributed by atoms with Crippen molar-refractivity contribution in [2.45, 2.75) is 78.9 Å². The molecule has 0 N–H and O–H groups in total. The molecule has 0 unspecified atom stereocenters. The van der Waals surface area contributed by atoms with Crippen molar-refractivity contribution in [2.24, 2.45) is 0 Å². The van der Waals surface area contributed by atoms with Gasteiger partial charge in [-0.2, -0.15) is 0 Å². The average Bonchev–Trinajstić information content (AvgIpc) is 2.52. The first-order valence-corrected chi connectivity index (χ1v) is 6.45. The van der Waals surface area contributed by atoms with Crippen molar-refractivity contribution in [3.05, 3.63) is 54.2 Å². The van der Waals surface area contributed by atoms with Crippen LogP contribution in [0.3, 0.4) is 0 Å². The predicted molar refractivity (Wildman–Crippen MR) is 90.9 cm³/mol. The normalized spacial score (nSPS) is 7.68. The molecule has 6 nitrogen and oxygen atoms in total. The standard InChI is InChI=1S/3C5H9N.3CO.W/c3*1-5(2,3)6-4;3*1-2;/h3*1-3H3;;;;. The van der Waals surface area contributed by atoms with Gasteiger partial charge in [0.05, 0.1) is 0 Å². The van der Waals surface area contributed by atoms with Crippen LogP contribution in [0, 0.1) is 39.7 Å². The third-order valence-electron chi connectivity index (χ3n) is 1.01. The Morgan fingerprint density at radius 3 is 0.480 bits per heavy atom. The van der Waals surface area contributed by atoms with Gasteiger partial charge < -0.3 is 14.5 Å². The Balaban J connectivity index is -0.0000000331. The summed E-state index contributed by atoms with van der Waals surface area (Å²) >= 11 is 0. The van der Waals surface area contributed by atoms with E-state index in [-0.39, 0.29) is 37.7 Å². The zero-order chi connectivity index (χ0) is 21.6. The Labute approximate surface area is 168 Å². The van der Waals surface area contributed by atoms with Crippen LogP contribution in [-0.2, 0) is 35.0 Å². The van der Waals surface area contributed by atoms with E-state index in [1.165, 1.54) is 0 Å². The molecule has 0 fully saturated rings. The molecule has 0 aliphatic carbocycles. The Hall–Kier alpha value is -1.62. The zero-order valence-corrected chi connectivity index (χ0v) is 19.4. The molecule has 0 saturated heterocycles. The topological polar surface area (TPSA) is 72.8 Å². The van der Waals surface area contributed by atoms with Gasteiger partial charge in [0.2, 0.25) is 16.6 Å². The summed E-state index contributed by atoms with van der Waals surface area (Å²) in [6.07, 6.45) is 0. The Morgan fingerprint density at radius 1 is 0.440 bits per heavy atom. The van der Waals surface area contributed by atoms with Crippen LogP contribution in [0.5, 0.6) is 0 Å². The third-order valence-corrected chi connectivity index (χ3v) is 1.01. The van der Waals surface area contributed by atoms with Crippen molar-refractivity contribution >= 4 is 0 Å². The van der Waals surface area contributed by atoms with E-state index in [9.17, 15) is 0 Å². The molecular weight excluding hydrogens is 490 g/mol. The van der Waals surface area contributed by atoms with Crippen molar-refractivity contribution in [3.63, 3.8) is 0 Å². The van der Waals surface area contributed by atoms with Gasteiger partial charge in [0.1, 0.15) is 0 Å². The molecule has 0 aromatic heterocycles. The van der Waals surface area contributed by atoms with Gasteiger partial charge in [0, 0.05) is 83.4 Å². The van der Waals surface area contributed by atoms with Crippen molar-refractivity contribution < 1.29 is 35.0 Å². The van der Waals surface area contributed by atoms with E-state index in [2.05, 4.69) is 34.5 Å². The first-order chi connectivity index (χ1) is 10.7. The molecule has 25 heavy (non-hydrogen) atoms. The molecule has 0 aromatic rings. The van der Waals surface area contributed by atoms with Gasteiger partial charge >= 0.3 is 33.9 Å². The monoisotopic (exact) mass is 517 g/mol. The van der Waals surface area contributed by atoms with E-state index >= 15 is 0 Å². The summed E-state index contributed by atoms with van der Waals surface area (Å²) in [6.45, 7) is 49.9. The van der Waals surface area contributed by atoms with Gasteiger partial charge in [0.15, 0.2) is 0 Å². The van der Waals surface area contributed by atoms with Crippen LogP contribution < -0.4 is 0 Å². The summed E-state index contributed by atoms with van der Waals surface area (Å²) < 4.78 is 22.5. The van der Waals surface area contributed by atoms with E-state index in [0.29, 0.717) is 0 Å². The van der Waals surface area contributed by atoms with Crippen LogP contribution in [0.25, 0.3) is 14.5 Å². The van der Waals surface area contributed by atoms with Crippen LogP contribution in [0.1, 0.15) is 62.3 Å². The molecule has 0 saturated carbocycles. The first kappa shape index (κ1) is 43.6. The van der Waals surface area contributed by atoms with E-state index in [1.807, 2.05) is 62.3 Å². The third kappa shape index (κ3) is 171. The van der Waals surface area contributed by atoms with Crippen LogP contribution in [0.2, 0.25) is 0 Å². The summed E-state index contributed by atoms with van der Waals surface area (Å²) in [5.41, 5.74) is -0.500. The quantitative estimate of drug-likeness (QED) is 0.321. The van der Waals surface area contributed by atoms with Crippen molar-refractivity contribution in [2.75, 3.05) is 0 Å². The Bertz CT molecular complexity index is 383. The van der Waals surface area contributed by atoms with E-state index in [0.717, 1.165) is 0 Å². The molecule has 0 radical (unpaired) electrons. The minimum Gasteiger partial charge on any atom is 0 e. The summed E-state index contributed by atoms with van der Waals surface area (Å²) in [4.78, 5) is 9.81. The molecular formula is C18H27N3O3W. The van der Waals surface area contributed by atoms with Gasteiger partial charge in [-0.15, -0.1) is 0 Å². The molecule has 0 aliphatic rings. The molecule has 0 aliphatic heterocycles. The molecule has 0 heterocycles. The van der Waals surface area contributed by atoms with E-state index in [4.69, 9.17) is 33.7 Å². The summed E-state index contributed by atoms with van der Waals surface area (Å²) in [5, 5.41) is 0. The zero-order valence-electron chi connectivity index (χ0n) is 16.5. The second kappa shape index (κ2) is 27.2. The fourth-order valence-corrected chi connectivity index (χ4v) is 0. The van der Waals surface area contributed by atoms with Crippen LogP contribution >= 0.6 is 0 Å². The van der Waals surface area contributed by atoms with Crippen LogP contribution in [0.15, 0.2) is 0 Å². The second-order valence-electron chi connectivity index (χ2n) is 6.85. The average molecular weight is 517 g/mol.